The zero-order valence-corrected chi connectivity index (χ0v) is 17.9. The number of anilines is 1. The molecule has 7 heteroatoms. The normalized spacial score (nSPS) is 24.8. The van der Waals surface area contributed by atoms with Crippen LogP contribution >= 0.6 is 0 Å². The van der Waals surface area contributed by atoms with Crippen molar-refractivity contribution in [2.24, 2.45) is 11.8 Å². The average molecular weight is 414 g/mol. The number of nitrogens with two attached hydrogens (primary N) is 1. The van der Waals surface area contributed by atoms with Crippen molar-refractivity contribution in [1.29, 1.82) is 0 Å². The fraction of sp³-hybridized carbons (Fsp3) is 0.652. The van der Waals surface area contributed by atoms with Gasteiger partial charge in [0.25, 0.3) is 0 Å². The van der Waals surface area contributed by atoms with Crippen LogP contribution < -0.4 is 16.1 Å². The predicted molar refractivity (Wildman–Crippen MR) is 118 cm³/mol. The summed E-state index contributed by atoms with van der Waals surface area (Å²) < 4.78 is 0. The molecule has 4 rings (SSSR count). The number of piperidine rings is 2. The summed E-state index contributed by atoms with van der Waals surface area (Å²) in [4.78, 5) is 28.4. The SMILES string of the molecule is NN1CCC(CCCN2CCN(c3ccc(C4CCC(=O)NC4=O)cc3)CC2)CC1. The Hall–Kier alpha value is -1.96. The summed E-state index contributed by atoms with van der Waals surface area (Å²) in [6.07, 6.45) is 6.14. The molecular formula is C23H35N5O2. The lowest BCUT2D eigenvalue weighted by Crippen LogP contribution is -2.46. The maximum atomic E-state index is 12.1. The van der Waals surface area contributed by atoms with Crippen molar-refractivity contribution >= 4 is 17.5 Å². The van der Waals surface area contributed by atoms with E-state index < -0.39 is 0 Å². The minimum absolute atomic E-state index is 0.160. The number of hydrazine groups is 1. The number of rotatable bonds is 6. The van der Waals surface area contributed by atoms with Crippen LogP contribution in [0.3, 0.4) is 0 Å². The third-order valence-electron chi connectivity index (χ3n) is 7.01. The number of hydrogen-bond acceptors (Lipinski definition) is 6. The number of carbonyl (C=O) groups excluding carboxylic acids is 2. The maximum Gasteiger partial charge on any atom is 0.234 e. The van der Waals surface area contributed by atoms with E-state index in [-0.39, 0.29) is 17.7 Å². The van der Waals surface area contributed by atoms with Gasteiger partial charge in [0, 0.05) is 51.4 Å². The van der Waals surface area contributed by atoms with Crippen LogP contribution in [0.2, 0.25) is 0 Å². The second-order valence-electron chi connectivity index (χ2n) is 9.05. The van der Waals surface area contributed by atoms with Crippen molar-refractivity contribution in [3.8, 4) is 0 Å². The summed E-state index contributed by atoms with van der Waals surface area (Å²) in [5.74, 6) is 6.18. The fourth-order valence-corrected chi connectivity index (χ4v) is 5.00. The predicted octanol–water partition coefficient (Wildman–Crippen LogP) is 1.69. The molecule has 1 atom stereocenters. The van der Waals surface area contributed by atoms with E-state index in [0.29, 0.717) is 12.8 Å². The highest BCUT2D eigenvalue weighted by Gasteiger charge is 2.28. The van der Waals surface area contributed by atoms with Gasteiger partial charge in [0.15, 0.2) is 0 Å². The van der Waals surface area contributed by atoms with Gasteiger partial charge >= 0.3 is 0 Å². The van der Waals surface area contributed by atoms with Crippen LogP contribution in [0.1, 0.15) is 50.0 Å². The Morgan fingerprint density at radius 1 is 0.933 bits per heavy atom. The summed E-state index contributed by atoms with van der Waals surface area (Å²) >= 11 is 0. The standard InChI is InChI=1S/C23H35N5O2/c24-28-12-9-18(10-13-28)2-1-11-26-14-16-27(17-15-26)20-5-3-19(4-6-20)21-7-8-22(29)25-23(21)30/h3-6,18,21H,1-2,7-17,24H2,(H,25,29,30). The quantitative estimate of drug-likeness (QED) is 0.546. The summed E-state index contributed by atoms with van der Waals surface area (Å²) in [5.41, 5.74) is 2.22. The molecule has 3 aliphatic heterocycles. The number of benzene rings is 1. The third-order valence-corrected chi connectivity index (χ3v) is 7.01. The highest BCUT2D eigenvalue weighted by Crippen LogP contribution is 2.27. The molecule has 0 spiro atoms. The van der Waals surface area contributed by atoms with E-state index in [2.05, 4.69) is 27.2 Å². The third kappa shape index (κ3) is 5.39. The zero-order valence-electron chi connectivity index (χ0n) is 17.9. The van der Waals surface area contributed by atoms with Gasteiger partial charge in [0.2, 0.25) is 11.8 Å². The highest BCUT2D eigenvalue weighted by molar-refractivity contribution is 6.00. The van der Waals surface area contributed by atoms with Gasteiger partial charge in [0.1, 0.15) is 0 Å². The van der Waals surface area contributed by atoms with Gasteiger partial charge in [-0.1, -0.05) is 12.1 Å². The summed E-state index contributed by atoms with van der Waals surface area (Å²) in [6, 6.07) is 8.35. The van der Waals surface area contributed by atoms with E-state index >= 15 is 0 Å². The molecular weight excluding hydrogens is 378 g/mol. The van der Waals surface area contributed by atoms with Crippen LogP contribution in [0, 0.1) is 5.92 Å². The number of nitrogens with zero attached hydrogens (tertiary/aromatic N) is 3. The molecule has 3 heterocycles. The topological polar surface area (TPSA) is 81.9 Å². The van der Waals surface area contributed by atoms with E-state index in [4.69, 9.17) is 5.84 Å². The van der Waals surface area contributed by atoms with Crippen molar-refractivity contribution in [3.05, 3.63) is 29.8 Å². The molecule has 1 unspecified atom stereocenters. The molecule has 3 aliphatic rings. The van der Waals surface area contributed by atoms with Gasteiger partial charge in [-0.15, -0.1) is 0 Å². The number of nitrogens with one attached hydrogen (secondary N) is 1. The molecule has 0 saturated carbocycles. The van der Waals surface area contributed by atoms with Crippen molar-refractivity contribution in [2.75, 3.05) is 50.7 Å². The van der Waals surface area contributed by atoms with Gasteiger partial charge < -0.3 is 4.90 Å². The summed E-state index contributed by atoms with van der Waals surface area (Å²) in [7, 11) is 0. The molecule has 0 aliphatic carbocycles. The van der Waals surface area contributed by atoms with Crippen molar-refractivity contribution in [3.63, 3.8) is 0 Å². The number of carbonyl (C=O) groups is 2. The Morgan fingerprint density at radius 2 is 1.63 bits per heavy atom. The number of hydrogen-bond donors (Lipinski definition) is 2. The molecule has 30 heavy (non-hydrogen) atoms. The second-order valence-corrected chi connectivity index (χ2v) is 9.05. The van der Waals surface area contributed by atoms with Gasteiger partial charge in [-0.2, -0.15) is 0 Å². The van der Waals surface area contributed by atoms with Gasteiger partial charge in [0.05, 0.1) is 5.92 Å². The minimum Gasteiger partial charge on any atom is -0.369 e. The maximum absolute atomic E-state index is 12.1. The van der Waals surface area contributed by atoms with Gasteiger partial charge in [-0.3, -0.25) is 25.6 Å². The lowest BCUT2D eigenvalue weighted by Gasteiger charge is -2.36. The molecule has 2 amide bonds. The number of piperazine rings is 1. The molecule has 3 fully saturated rings. The van der Waals surface area contributed by atoms with E-state index in [1.807, 2.05) is 17.1 Å². The first-order chi connectivity index (χ1) is 14.6. The molecule has 3 saturated heterocycles. The Balaban J connectivity index is 1.19. The number of amides is 2. The van der Waals surface area contributed by atoms with E-state index in [1.165, 1.54) is 37.9 Å². The minimum atomic E-state index is -0.203. The second kappa shape index (κ2) is 9.90. The van der Waals surface area contributed by atoms with Crippen molar-refractivity contribution < 1.29 is 9.59 Å². The zero-order chi connectivity index (χ0) is 20.9. The summed E-state index contributed by atoms with van der Waals surface area (Å²) in [5, 5.41) is 4.40. The van der Waals surface area contributed by atoms with Crippen LogP contribution in [-0.4, -0.2) is 67.5 Å². The highest BCUT2D eigenvalue weighted by atomic mass is 16.2. The lowest BCUT2D eigenvalue weighted by molar-refractivity contribution is -0.134. The van der Waals surface area contributed by atoms with Gasteiger partial charge in [-0.05, 0) is 62.3 Å². The smallest absolute Gasteiger partial charge is 0.234 e. The van der Waals surface area contributed by atoms with Crippen LogP contribution in [0.4, 0.5) is 5.69 Å². The van der Waals surface area contributed by atoms with Crippen LogP contribution in [0.15, 0.2) is 24.3 Å². The largest absolute Gasteiger partial charge is 0.369 e. The first kappa shape index (κ1) is 21.3. The molecule has 3 N–H and O–H groups in total. The van der Waals surface area contributed by atoms with E-state index in [0.717, 1.165) is 50.7 Å². The average Bonchev–Trinajstić information content (AvgIpc) is 2.76. The van der Waals surface area contributed by atoms with E-state index in [9.17, 15) is 9.59 Å². The van der Waals surface area contributed by atoms with Crippen LogP contribution in [0.5, 0.6) is 0 Å². The first-order valence-electron chi connectivity index (χ1n) is 11.5. The molecule has 164 valence electrons. The molecule has 0 radical (unpaired) electrons. The van der Waals surface area contributed by atoms with Gasteiger partial charge in [-0.25, -0.2) is 5.01 Å². The monoisotopic (exact) mass is 413 g/mol. The molecule has 0 bridgehead atoms. The molecule has 7 nitrogen and oxygen atoms in total. The number of imide groups is 1. The van der Waals surface area contributed by atoms with Crippen LogP contribution in [-0.2, 0) is 9.59 Å². The fourth-order valence-electron chi connectivity index (χ4n) is 5.00. The lowest BCUT2D eigenvalue weighted by atomic mass is 9.90. The Labute approximate surface area is 179 Å². The summed E-state index contributed by atoms with van der Waals surface area (Å²) in [6.45, 7) is 7.60. The molecule has 1 aromatic carbocycles. The Morgan fingerprint density at radius 3 is 2.30 bits per heavy atom. The molecule has 0 aromatic heterocycles. The van der Waals surface area contributed by atoms with Crippen LogP contribution in [0.25, 0.3) is 0 Å². The molecule has 1 aromatic rings. The Kier molecular flexibility index (Phi) is 7.02. The van der Waals surface area contributed by atoms with Crippen molar-refractivity contribution in [1.82, 2.24) is 15.2 Å². The first-order valence-corrected chi connectivity index (χ1v) is 11.5. The van der Waals surface area contributed by atoms with Crippen molar-refractivity contribution in [2.45, 2.75) is 44.4 Å². The Bertz CT molecular complexity index is 722. The van der Waals surface area contributed by atoms with E-state index in [1.54, 1.807) is 0 Å².